The van der Waals surface area contributed by atoms with Crippen LogP contribution in [0, 0.1) is 11.5 Å². The molecule has 39 heavy (non-hydrogen) atoms. The number of benzene rings is 1. The van der Waals surface area contributed by atoms with Gasteiger partial charge in [-0.3, -0.25) is 6.08 Å². The standard InChI is InChI=1S/C34H57Si.3ClH.Ti/c1-6-7-8-9-10-11-12-13-14-15-16-17-18-19-20-24-30-35(5,31-26-22-21-23-27-31)33-29-25-28-32(33)34(2,3)4;;;;/h21-23,26-27,29H,6-20,24-25,30H2,1-5H3;3*1H;/q-1;;;;+4/p-3. The van der Waals surface area contributed by atoms with E-state index in [-0.39, 0.29) is 64.4 Å². The van der Waals surface area contributed by atoms with Gasteiger partial charge in [0.2, 0.25) is 0 Å². The zero-order valence-electron chi connectivity index (χ0n) is 25.8. The monoisotopic (exact) mass is 646 g/mol. The van der Waals surface area contributed by atoms with Crippen LogP contribution in [0.25, 0.3) is 0 Å². The zero-order chi connectivity index (χ0) is 25.4. The van der Waals surface area contributed by atoms with E-state index in [1.54, 1.807) is 10.4 Å². The Morgan fingerprint density at radius 3 is 1.49 bits per heavy atom. The fourth-order valence-corrected chi connectivity index (χ4v) is 10.2. The van der Waals surface area contributed by atoms with E-state index < -0.39 is 8.07 Å². The van der Waals surface area contributed by atoms with Crippen LogP contribution >= 0.6 is 0 Å². The van der Waals surface area contributed by atoms with Crippen LogP contribution in [0.15, 0.2) is 47.2 Å². The molecule has 2 rings (SSSR count). The van der Waals surface area contributed by atoms with Gasteiger partial charge in [0, 0.05) is 8.07 Å². The summed E-state index contributed by atoms with van der Waals surface area (Å²) in [6, 6.07) is 12.8. The average molecular weight is 648 g/mol. The van der Waals surface area contributed by atoms with E-state index in [0.29, 0.717) is 0 Å². The molecule has 1 unspecified atom stereocenters. The van der Waals surface area contributed by atoms with Crippen LogP contribution in [0.2, 0.25) is 12.6 Å². The largest absolute Gasteiger partial charge is 4.00 e. The summed E-state index contributed by atoms with van der Waals surface area (Å²) in [4.78, 5) is 0. The molecule has 0 N–H and O–H groups in total. The molecule has 0 heterocycles. The number of halogens is 3. The Kier molecular flexibility index (Phi) is 28.2. The number of unbranched alkanes of at least 4 members (excludes halogenated alkanes) is 15. The molecule has 0 bridgehead atoms. The minimum Gasteiger partial charge on any atom is -1.00 e. The summed E-state index contributed by atoms with van der Waals surface area (Å²) in [6.45, 7) is 12.0. The van der Waals surface area contributed by atoms with E-state index in [4.69, 9.17) is 0 Å². The first-order valence-electron chi connectivity index (χ1n) is 15.3. The number of allylic oxidation sites excluding steroid dienone is 4. The van der Waals surface area contributed by atoms with Crippen molar-refractivity contribution in [2.45, 2.75) is 149 Å². The second-order valence-electron chi connectivity index (χ2n) is 12.4. The first-order chi connectivity index (χ1) is 16.9. The maximum atomic E-state index is 3.74. The smallest absolute Gasteiger partial charge is 1.00 e. The third-order valence-corrected chi connectivity index (χ3v) is 12.7. The molecule has 0 amide bonds. The predicted octanol–water partition coefficient (Wildman–Crippen LogP) is 1.89. The maximum absolute atomic E-state index is 3.74. The van der Waals surface area contributed by atoms with Crippen molar-refractivity contribution in [3.63, 3.8) is 0 Å². The summed E-state index contributed by atoms with van der Waals surface area (Å²) in [7, 11) is -1.71. The van der Waals surface area contributed by atoms with Gasteiger partial charge < -0.3 is 37.2 Å². The van der Waals surface area contributed by atoms with E-state index in [1.165, 1.54) is 114 Å². The van der Waals surface area contributed by atoms with Crippen LogP contribution in [0.1, 0.15) is 137 Å². The van der Waals surface area contributed by atoms with Crippen LogP contribution < -0.4 is 42.4 Å². The maximum Gasteiger partial charge on any atom is 4.00 e. The summed E-state index contributed by atoms with van der Waals surface area (Å²) in [5.41, 5.74) is 1.70. The van der Waals surface area contributed by atoms with Gasteiger partial charge in [-0.05, 0) is 5.41 Å². The molecule has 1 aromatic rings. The van der Waals surface area contributed by atoms with Gasteiger partial charge in [0.25, 0.3) is 0 Å². The van der Waals surface area contributed by atoms with Gasteiger partial charge >= 0.3 is 21.7 Å². The van der Waals surface area contributed by atoms with Gasteiger partial charge in [-0.25, -0.2) is 5.57 Å². The third-order valence-electron chi connectivity index (χ3n) is 8.14. The van der Waals surface area contributed by atoms with Gasteiger partial charge in [-0.2, -0.15) is 11.3 Å². The number of rotatable bonds is 19. The second-order valence-corrected chi connectivity index (χ2v) is 16.7. The quantitative estimate of drug-likeness (QED) is 0.122. The summed E-state index contributed by atoms with van der Waals surface area (Å²) < 4.78 is 0. The van der Waals surface area contributed by atoms with Gasteiger partial charge in [0.05, 0.1) is 0 Å². The van der Waals surface area contributed by atoms with E-state index in [1.807, 2.05) is 0 Å². The van der Waals surface area contributed by atoms with Crippen molar-refractivity contribution in [3.05, 3.63) is 53.3 Å². The predicted molar refractivity (Wildman–Crippen MR) is 161 cm³/mol. The molecule has 0 fully saturated rings. The van der Waals surface area contributed by atoms with Gasteiger partial charge in [-0.15, -0.1) is 6.42 Å². The SMILES string of the molecule is CCCCCCCCCCCCCCCCCC[Si](C)(C1=CC[C-]=C1C(C)(C)C)c1ccccc1.[Cl-].[Cl-].[Cl-].[Ti+4]. The first-order valence-corrected chi connectivity index (χ1v) is 18.0. The van der Waals surface area contributed by atoms with Crippen LogP contribution in [-0.4, -0.2) is 8.07 Å². The minimum absolute atomic E-state index is 0. The molecule has 1 aromatic carbocycles. The fourth-order valence-electron chi connectivity index (χ4n) is 5.89. The van der Waals surface area contributed by atoms with Crippen LogP contribution in [0.3, 0.4) is 0 Å². The summed E-state index contributed by atoms with van der Waals surface area (Å²) >= 11 is 0. The molecule has 1 atom stereocenters. The Bertz CT molecular complexity index is 757. The number of hydrogen-bond acceptors (Lipinski definition) is 0. The second kappa shape index (κ2) is 25.0. The van der Waals surface area contributed by atoms with Crippen molar-refractivity contribution in [3.8, 4) is 0 Å². The Balaban J connectivity index is -0.00000324. The van der Waals surface area contributed by atoms with Crippen molar-refractivity contribution in [2.24, 2.45) is 5.41 Å². The molecule has 0 radical (unpaired) electrons. The molecule has 222 valence electrons. The topological polar surface area (TPSA) is 0 Å². The van der Waals surface area contributed by atoms with E-state index in [2.05, 4.69) is 76.7 Å². The average Bonchev–Trinajstić information content (AvgIpc) is 3.36. The Morgan fingerprint density at radius 1 is 0.667 bits per heavy atom. The Morgan fingerprint density at radius 2 is 1.08 bits per heavy atom. The van der Waals surface area contributed by atoms with Crippen LogP contribution in [0.4, 0.5) is 0 Å². The molecule has 0 nitrogen and oxygen atoms in total. The van der Waals surface area contributed by atoms with Gasteiger partial charge in [-0.1, -0.05) is 179 Å². The van der Waals surface area contributed by atoms with E-state index in [9.17, 15) is 0 Å². The van der Waals surface area contributed by atoms with Crippen molar-refractivity contribution in [1.29, 1.82) is 0 Å². The molecule has 0 aliphatic heterocycles. The number of hydrogen-bond donors (Lipinski definition) is 0. The van der Waals surface area contributed by atoms with E-state index in [0.717, 1.165) is 6.42 Å². The molecule has 0 saturated carbocycles. The fraction of sp³-hybridized carbons (Fsp3) is 0.706. The van der Waals surface area contributed by atoms with Gasteiger partial charge in [0.1, 0.15) is 0 Å². The van der Waals surface area contributed by atoms with Crippen molar-refractivity contribution >= 4 is 13.3 Å². The first kappa shape index (κ1) is 43.9. The Hall–Kier alpha value is 0.501. The van der Waals surface area contributed by atoms with Crippen molar-refractivity contribution in [1.82, 2.24) is 0 Å². The van der Waals surface area contributed by atoms with Crippen molar-refractivity contribution in [2.75, 3.05) is 0 Å². The zero-order valence-corrected chi connectivity index (χ0v) is 30.7. The molecular formula is C34H57Cl3SiTi. The Labute approximate surface area is 278 Å². The molecule has 5 heteroatoms. The van der Waals surface area contributed by atoms with E-state index >= 15 is 0 Å². The van der Waals surface area contributed by atoms with Crippen LogP contribution in [0.5, 0.6) is 0 Å². The molecule has 1 aliphatic rings. The van der Waals surface area contributed by atoms with Gasteiger partial charge in [0.15, 0.2) is 0 Å². The third kappa shape index (κ3) is 16.7. The summed E-state index contributed by atoms with van der Waals surface area (Å²) in [5, 5.41) is 3.29. The minimum atomic E-state index is -1.71. The summed E-state index contributed by atoms with van der Waals surface area (Å²) in [6.07, 6.45) is 30.3. The molecule has 1 aliphatic carbocycles. The summed E-state index contributed by atoms with van der Waals surface area (Å²) in [5.74, 6) is 0. The van der Waals surface area contributed by atoms with Crippen LogP contribution in [-0.2, 0) is 21.7 Å². The molecular weight excluding hydrogens is 591 g/mol. The normalized spacial score (nSPS) is 14.1. The molecule has 0 saturated heterocycles. The van der Waals surface area contributed by atoms with Crippen molar-refractivity contribution < 1.29 is 58.9 Å². The molecule has 0 spiro atoms. The molecule has 0 aromatic heterocycles.